The minimum Gasteiger partial charge on any atom is -0.383 e. The van der Waals surface area contributed by atoms with Gasteiger partial charge in [0.25, 0.3) is 0 Å². The molecule has 0 bridgehead atoms. The van der Waals surface area contributed by atoms with Crippen LogP contribution in [-0.2, 0) is 15.8 Å². The Morgan fingerprint density at radius 1 is 1.06 bits per heavy atom. The van der Waals surface area contributed by atoms with Gasteiger partial charge in [-0.2, -0.15) is 0 Å². The lowest BCUT2D eigenvalue weighted by Gasteiger charge is -2.27. The maximum Gasteiger partial charge on any atom is 0.113 e. The van der Waals surface area contributed by atoms with Gasteiger partial charge in [-0.1, -0.05) is 52.0 Å². The van der Waals surface area contributed by atoms with E-state index in [0.717, 1.165) is 5.56 Å². The third-order valence-corrected chi connectivity index (χ3v) is 3.26. The lowest BCUT2D eigenvalue weighted by Crippen LogP contribution is -2.30. The van der Waals surface area contributed by atoms with Gasteiger partial charge in [-0.25, -0.2) is 0 Å². The van der Waals surface area contributed by atoms with Gasteiger partial charge in [0, 0.05) is 7.11 Å². The van der Waals surface area contributed by atoms with Crippen molar-refractivity contribution in [3.8, 4) is 0 Å². The Morgan fingerprint density at radius 2 is 1.53 bits per heavy atom. The van der Waals surface area contributed by atoms with E-state index in [1.165, 1.54) is 5.56 Å². The summed E-state index contributed by atoms with van der Waals surface area (Å²) >= 11 is 0. The van der Waals surface area contributed by atoms with Crippen LogP contribution in [0.5, 0.6) is 0 Å². The Hall–Kier alpha value is -0.860. The zero-order valence-corrected chi connectivity index (χ0v) is 11.6. The highest BCUT2D eigenvalue weighted by Crippen LogP contribution is 2.28. The first-order valence-corrected chi connectivity index (χ1v) is 6.16. The number of rotatable bonds is 4. The molecular weight excluding hydrogens is 212 g/mol. The molecule has 2 nitrogen and oxygen atoms in total. The number of aliphatic hydroxyl groups is 1. The minimum absolute atomic E-state index is 0.143. The second-order valence-corrected chi connectivity index (χ2v) is 5.65. The van der Waals surface area contributed by atoms with Crippen molar-refractivity contribution in [3.63, 3.8) is 0 Å². The zero-order chi connectivity index (χ0) is 13.1. The molecule has 2 heteroatoms. The molecule has 1 N–H and O–H groups in total. The van der Waals surface area contributed by atoms with E-state index in [1.807, 2.05) is 19.1 Å². The monoisotopic (exact) mass is 236 g/mol. The van der Waals surface area contributed by atoms with E-state index >= 15 is 0 Å². The summed E-state index contributed by atoms with van der Waals surface area (Å²) in [5.74, 6) is 0. The average molecular weight is 236 g/mol. The summed E-state index contributed by atoms with van der Waals surface area (Å²) in [6, 6.07) is 8.18. The average Bonchev–Trinajstić information content (AvgIpc) is 2.28. The van der Waals surface area contributed by atoms with Gasteiger partial charge in [0.05, 0.1) is 6.61 Å². The Kier molecular flexibility index (Phi) is 4.34. The highest BCUT2D eigenvalue weighted by Gasteiger charge is 2.27. The SMILES string of the molecule is CCC(O)(COC)c1ccc(C(C)(C)C)cc1. The van der Waals surface area contributed by atoms with Gasteiger partial charge < -0.3 is 9.84 Å². The van der Waals surface area contributed by atoms with Gasteiger partial charge in [0.2, 0.25) is 0 Å². The van der Waals surface area contributed by atoms with Crippen molar-refractivity contribution in [2.24, 2.45) is 0 Å². The van der Waals surface area contributed by atoms with E-state index in [4.69, 9.17) is 4.74 Å². The molecule has 1 atom stereocenters. The molecule has 17 heavy (non-hydrogen) atoms. The van der Waals surface area contributed by atoms with E-state index in [-0.39, 0.29) is 5.41 Å². The first-order chi connectivity index (χ1) is 7.83. The van der Waals surface area contributed by atoms with Gasteiger partial charge in [-0.15, -0.1) is 0 Å². The van der Waals surface area contributed by atoms with Crippen molar-refractivity contribution < 1.29 is 9.84 Å². The summed E-state index contributed by atoms with van der Waals surface area (Å²) in [5, 5.41) is 10.5. The van der Waals surface area contributed by atoms with Crippen LogP contribution in [0.3, 0.4) is 0 Å². The molecule has 0 saturated carbocycles. The second kappa shape index (κ2) is 5.19. The van der Waals surface area contributed by atoms with Crippen LogP contribution in [0.1, 0.15) is 45.2 Å². The van der Waals surface area contributed by atoms with E-state index in [0.29, 0.717) is 13.0 Å². The molecule has 0 heterocycles. The van der Waals surface area contributed by atoms with Crippen molar-refractivity contribution >= 4 is 0 Å². The Morgan fingerprint density at radius 3 is 1.88 bits per heavy atom. The topological polar surface area (TPSA) is 29.5 Å². The summed E-state index contributed by atoms with van der Waals surface area (Å²) in [4.78, 5) is 0. The highest BCUT2D eigenvalue weighted by molar-refractivity contribution is 5.30. The van der Waals surface area contributed by atoms with Gasteiger partial charge in [0.15, 0.2) is 0 Å². The fourth-order valence-corrected chi connectivity index (χ4v) is 1.91. The predicted molar refractivity (Wildman–Crippen MR) is 71.2 cm³/mol. The smallest absolute Gasteiger partial charge is 0.113 e. The lowest BCUT2D eigenvalue weighted by molar-refractivity contribution is -0.0386. The largest absolute Gasteiger partial charge is 0.383 e. The predicted octanol–water partition coefficient (Wildman–Crippen LogP) is 3.23. The molecule has 0 aliphatic heterocycles. The van der Waals surface area contributed by atoms with Crippen LogP contribution < -0.4 is 0 Å². The standard InChI is InChI=1S/C15H24O2/c1-6-15(16,11-17-5)13-9-7-12(8-10-13)14(2,3)4/h7-10,16H,6,11H2,1-5H3. The summed E-state index contributed by atoms with van der Waals surface area (Å²) < 4.78 is 5.10. The van der Waals surface area contributed by atoms with Gasteiger partial charge in [-0.05, 0) is 23.0 Å². The Labute approximate surface area is 105 Å². The van der Waals surface area contributed by atoms with E-state index in [9.17, 15) is 5.11 Å². The first kappa shape index (κ1) is 14.2. The van der Waals surface area contributed by atoms with E-state index in [1.54, 1.807) is 7.11 Å². The van der Waals surface area contributed by atoms with Gasteiger partial charge in [-0.3, -0.25) is 0 Å². The summed E-state index contributed by atoms with van der Waals surface area (Å²) in [5.41, 5.74) is 1.47. The molecule has 0 radical (unpaired) electrons. The van der Waals surface area contributed by atoms with Gasteiger partial charge >= 0.3 is 0 Å². The zero-order valence-electron chi connectivity index (χ0n) is 11.6. The maximum absolute atomic E-state index is 10.5. The second-order valence-electron chi connectivity index (χ2n) is 5.65. The highest BCUT2D eigenvalue weighted by atomic mass is 16.5. The van der Waals surface area contributed by atoms with Crippen LogP contribution in [0, 0.1) is 0 Å². The Bertz CT molecular complexity index is 348. The maximum atomic E-state index is 10.5. The minimum atomic E-state index is -0.870. The first-order valence-electron chi connectivity index (χ1n) is 6.16. The fraction of sp³-hybridized carbons (Fsp3) is 0.600. The van der Waals surface area contributed by atoms with Crippen molar-refractivity contribution in [1.82, 2.24) is 0 Å². The lowest BCUT2D eigenvalue weighted by atomic mass is 9.84. The molecule has 0 saturated heterocycles. The molecule has 1 aromatic carbocycles. The van der Waals surface area contributed by atoms with Crippen molar-refractivity contribution in [2.75, 3.05) is 13.7 Å². The van der Waals surface area contributed by atoms with E-state index < -0.39 is 5.60 Å². The molecule has 0 aliphatic carbocycles. The number of hydrogen-bond donors (Lipinski definition) is 1. The molecule has 96 valence electrons. The van der Waals surface area contributed by atoms with Crippen LogP contribution in [-0.4, -0.2) is 18.8 Å². The van der Waals surface area contributed by atoms with Gasteiger partial charge in [0.1, 0.15) is 5.60 Å². The molecule has 1 rings (SSSR count). The fourth-order valence-electron chi connectivity index (χ4n) is 1.91. The molecular formula is C15H24O2. The molecule has 0 aliphatic rings. The quantitative estimate of drug-likeness (QED) is 0.869. The summed E-state index contributed by atoms with van der Waals surface area (Å²) in [6.07, 6.45) is 0.649. The van der Waals surface area contributed by atoms with Crippen LogP contribution >= 0.6 is 0 Å². The summed E-state index contributed by atoms with van der Waals surface area (Å²) in [7, 11) is 1.62. The third-order valence-electron chi connectivity index (χ3n) is 3.26. The molecule has 0 spiro atoms. The number of hydrogen-bond acceptors (Lipinski definition) is 2. The molecule has 0 fully saturated rings. The number of benzene rings is 1. The molecule has 1 unspecified atom stereocenters. The number of methoxy groups -OCH3 is 1. The van der Waals surface area contributed by atoms with Crippen LogP contribution in [0.25, 0.3) is 0 Å². The van der Waals surface area contributed by atoms with Crippen LogP contribution in [0.15, 0.2) is 24.3 Å². The van der Waals surface area contributed by atoms with Crippen molar-refractivity contribution in [3.05, 3.63) is 35.4 Å². The Balaban J connectivity index is 3.01. The number of ether oxygens (including phenoxy) is 1. The van der Waals surface area contributed by atoms with Crippen molar-refractivity contribution in [2.45, 2.75) is 45.1 Å². The normalized spacial score (nSPS) is 15.6. The molecule has 0 amide bonds. The summed E-state index contributed by atoms with van der Waals surface area (Å²) in [6.45, 7) is 8.85. The van der Waals surface area contributed by atoms with Crippen LogP contribution in [0.4, 0.5) is 0 Å². The van der Waals surface area contributed by atoms with E-state index in [2.05, 4.69) is 32.9 Å². The van der Waals surface area contributed by atoms with Crippen molar-refractivity contribution in [1.29, 1.82) is 0 Å². The van der Waals surface area contributed by atoms with Crippen LogP contribution in [0.2, 0.25) is 0 Å². The third kappa shape index (κ3) is 3.30. The molecule has 0 aromatic heterocycles. The molecule has 1 aromatic rings.